The molecule has 0 aliphatic rings. The zero-order chi connectivity index (χ0) is 15.9. The molecule has 0 heterocycles. The maximum absolute atomic E-state index is 12.8. The van der Waals surface area contributed by atoms with Crippen LogP contribution in [0.15, 0.2) is 60.7 Å². The minimum absolute atomic E-state index is 0.0725. The van der Waals surface area contributed by atoms with E-state index in [9.17, 15) is 14.3 Å². The number of nitrogens with one attached hydrogen (secondary N) is 1. The van der Waals surface area contributed by atoms with Gasteiger partial charge in [0.15, 0.2) is 0 Å². The Hall–Kier alpha value is -2.46. The molecule has 22 heavy (non-hydrogen) atoms. The molecule has 114 valence electrons. The monoisotopic (exact) mass is 299 g/mol. The van der Waals surface area contributed by atoms with Crippen LogP contribution >= 0.6 is 0 Å². The molecule has 0 radical (unpaired) electrons. The van der Waals surface area contributed by atoms with Gasteiger partial charge in [0.05, 0.1) is 6.10 Å². The van der Waals surface area contributed by atoms with Crippen molar-refractivity contribution in [1.29, 1.82) is 0 Å². The zero-order valence-electron chi connectivity index (χ0n) is 12.3. The van der Waals surface area contributed by atoms with E-state index in [2.05, 4.69) is 5.32 Å². The first-order chi connectivity index (χ1) is 10.6. The van der Waals surface area contributed by atoms with E-state index in [1.54, 1.807) is 0 Å². The van der Waals surface area contributed by atoms with Gasteiger partial charge in [0.2, 0.25) is 5.91 Å². The van der Waals surface area contributed by atoms with Gasteiger partial charge in [-0.3, -0.25) is 4.79 Å². The molecule has 0 saturated heterocycles. The number of carbonyl (C=O) groups excluding carboxylic acids is 1. The van der Waals surface area contributed by atoms with E-state index < -0.39 is 6.10 Å². The number of hydrogen-bond donors (Lipinski definition) is 2. The molecule has 0 aliphatic carbocycles. The van der Waals surface area contributed by atoms with Crippen LogP contribution in [0.2, 0.25) is 0 Å². The first kappa shape index (κ1) is 15.9. The van der Waals surface area contributed by atoms with Crippen LogP contribution in [0.3, 0.4) is 0 Å². The summed E-state index contributed by atoms with van der Waals surface area (Å²) in [6, 6.07) is 15.1. The molecule has 4 heteroatoms. The van der Waals surface area contributed by atoms with E-state index in [1.165, 1.54) is 30.3 Å². The smallest absolute Gasteiger partial charge is 0.244 e. The second-order valence-electron chi connectivity index (χ2n) is 5.01. The Labute approximate surface area is 129 Å². The minimum atomic E-state index is -0.866. The molecule has 2 aromatic rings. The summed E-state index contributed by atoms with van der Waals surface area (Å²) in [7, 11) is 0. The largest absolute Gasteiger partial charge is 0.387 e. The molecule has 0 bridgehead atoms. The first-order valence-electron chi connectivity index (χ1n) is 7.01. The Bertz CT molecular complexity index is 651. The average Bonchev–Trinajstić information content (AvgIpc) is 2.54. The number of aliphatic hydroxyl groups is 1. The Kier molecular flexibility index (Phi) is 5.44. The third-order valence-electron chi connectivity index (χ3n) is 3.30. The maximum Gasteiger partial charge on any atom is 0.244 e. The molecular formula is C18H18FNO2. The lowest BCUT2D eigenvalue weighted by atomic mass is 10.1. The summed E-state index contributed by atoms with van der Waals surface area (Å²) in [6.07, 6.45) is 0.627. The van der Waals surface area contributed by atoms with Crippen molar-refractivity contribution in [3.8, 4) is 0 Å². The van der Waals surface area contributed by atoms with Gasteiger partial charge in [-0.1, -0.05) is 42.5 Å². The summed E-state index contributed by atoms with van der Waals surface area (Å²) in [5, 5.41) is 12.6. The highest BCUT2D eigenvalue weighted by Crippen LogP contribution is 2.14. The molecular weight excluding hydrogens is 281 g/mol. The summed E-state index contributed by atoms with van der Waals surface area (Å²) in [6.45, 7) is 1.92. The van der Waals surface area contributed by atoms with Crippen LogP contribution in [0.1, 0.15) is 24.2 Å². The van der Waals surface area contributed by atoms with Crippen LogP contribution in [0.4, 0.5) is 4.39 Å². The predicted molar refractivity (Wildman–Crippen MR) is 84.5 cm³/mol. The fraction of sp³-hybridized carbons (Fsp3) is 0.167. The molecule has 2 rings (SSSR count). The van der Waals surface area contributed by atoms with Crippen LogP contribution < -0.4 is 5.32 Å². The van der Waals surface area contributed by atoms with Gasteiger partial charge in [-0.05, 0) is 35.8 Å². The van der Waals surface area contributed by atoms with Gasteiger partial charge in [0.25, 0.3) is 0 Å². The van der Waals surface area contributed by atoms with Gasteiger partial charge < -0.3 is 10.4 Å². The average molecular weight is 299 g/mol. The Morgan fingerprint density at radius 2 is 1.82 bits per heavy atom. The van der Waals surface area contributed by atoms with Crippen molar-refractivity contribution in [2.75, 3.05) is 6.54 Å². The second-order valence-corrected chi connectivity index (χ2v) is 5.01. The van der Waals surface area contributed by atoms with Crippen LogP contribution in [0.25, 0.3) is 5.57 Å². The van der Waals surface area contributed by atoms with E-state index in [0.717, 1.165) is 11.1 Å². The lowest BCUT2D eigenvalue weighted by Gasteiger charge is -2.11. The van der Waals surface area contributed by atoms with Gasteiger partial charge in [-0.15, -0.1) is 0 Å². The summed E-state index contributed by atoms with van der Waals surface area (Å²) in [4.78, 5) is 11.9. The summed E-state index contributed by atoms with van der Waals surface area (Å²) >= 11 is 0. The van der Waals surface area contributed by atoms with Crippen molar-refractivity contribution in [3.63, 3.8) is 0 Å². The van der Waals surface area contributed by atoms with Gasteiger partial charge in [0.1, 0.15) is 5.82 Å². The molecule has 3 nitrogen and oxygen atoms in total. The van der Waals surface area contributed by atoms with Crippen molar-refractivity contribution in [3.05, 3.63) is 77.6 Å². The van der Waals surface area contributed by atoms with E-state index in [-0.39, 0.29) is 18.3 Å². The zero-order valence-corrected chi connectivity index (χ0v) is 12.3. The molecule has 0 aromatic heterocycles. The van der Waals surface area contributed by atoms with Gasteiger partial charge in [0, 0.05) is 12.6 Å². The number of allylic oxidation sites excluding steroid dienone is 1. The van der Waals surface area contributed by atoms with E-state index in [1.807, 2.05) is 37.3 Å². The molecule has 0 fully saturated rings. The molecule has 1 amide bonds. The fourth-order valence-electron chi connectivity index (χ4n) is 2.03. The Balaban J connectivity index is 1.91. The van der Waals surface area contributed by atoms with E-state index in [4.69, 9.17) is 0 Å². The number of amides is 1. The highest BCUT2D eigenvalue weighted by atomic mass is 19.1. The lowest BCUT2D eigenvalue weighted by Crippen LogP contribution is -2.26. The third-order valence-corrected chi connectivity index (χ3v) is 3.30. The lowest BCUT2D eigenvalue weighted by molar-refractivity contribution is -0.116. The summed E-state index contributed by atoms with van der Waals surface area (Å²) < 4.78 is 12.8. The van der Waals surface area contributed by atoms with Gasteiger partial charge in [-0.25, -0.2) is 4.39 Å². The van der Waals surface area contributed by atoms with Gasteiger partial charge >= 0.3 is 0 Å². The Morgan fingerprint density at radius 1 is 1.18 bits per heavy atom. The molecule has 1 unspecified atom stereocenters. The molecule has 2 N–H and O–H groups in total. The van der Waals surface area contributed by atoms with Crippen molar-refractivity contribution < 1.29 is 14.3 Å². The third kappa shape index (κ3) is 4.53. The molecule has 1 atom stereocenters. The topological polar surface area (TPSA) is 49.3 Å². The van der Waals surface area contributed by atoms with Crippen LogP contribution in [0, 0.1) is 5.82 Å². The van der Waals surface area contributed by atoms with Crippen LogP contribution in [0.5, 0.6) is 0 Å². The first-order valence-corrected chi connectivity index (χ1v) is 7.01. The summed E-state index contributed by atoms with van der Waals surface area (Å²) in [5.41, 5.74) is 2.37. The molecule has 0 saturated carbocycles. The van der Waals surface area contributed by atoms with Crippen LogP contribution in [-0.4, -0.2) is 17.6 Å². The quantitative estimate of drug-likeness (QED) is 0.834. The molecule has 2 aromatic carbocycles. The minimum Gasteiger partial charge on any atom is -0.387 e. The normalized spacial score (nSPS) is 12.8. The standard InChI is InChI=1S/C18H18FNO2/c1-13(14-5-3-2-4-6-14)11-18(22)20-12-17(21)15-7-9-16(19)10-8-15/h2-11,17,21H,12H2,1H3,(H,20,22). The summed E-state index contributed by atoms with van der Waals surface area (Å²) in [5.74, 6) is -0.635. The number of aliphatic hydroxyl groups excluding tert-OH is 1. The SMILES string of the molecule is CC(=CC(=O)NCC(O)c1ccc(F)cc1)c1ccccc1. The van der Waals surface area contributed by atoms with Crippen molar-refractivity contribution in [1.82, 2.24) is 5.32 Å². The van der Waals surface area contributed by atoms with Crippen molar-refractivity contribution in [2.24, 2.45) is 0 Å². The number of benzene rings is 2. The number of hydrogen-bond acceptors (Lipinski definition) is 2. The Morgan fingerprint density at radius 3 is 2.45 bits per heavy atom. The van der Waals surface area contributed by atoms with Crippen LogP contribution in [-0.2, 0) is 4.79 Å². The number of halogens is 1. The highest BCUT2D eigenvalue weighted by Gasteiger charge is 2.09. The van der Waals surface area contributed by atoms with E-state index in [0.29, 0.717) is 5.56 Å². The highest BCUT2D eigenvalue weighted by molar-refractivity contribution is 5.94. The molecule has 0 aliphatic heterocycles. The number of carbonyl (C=O) groups is 1. The van der Waals surface area contributed by atoms with Gasteiger partial charge in [-0.2, -0.15) is 0 Å². The maximum atomic E-state index is 12.8. The van der Waals surface area contributed by atoms with Crippen molar-refractivity contribution in [2.45, 2.75) is 13.0 Å². The predicted octanol–water partition coefficient (Wildman–Crippen LogP) is 3.08. The molecule has 0 spiro atoms. The second kappa shape index (κ2) is 7.52. The van der Waals surface area contributed by atoms with Crippen molar-refractivity contribution >= 4 is 11.5 Å². The fourth-order valence-corrected chi connectivity index (χ4v) is 2.03. The number of rotatable bonds is 5. The van der Waals surface area contributed by atoms with E-state index >= 15 is 0 Å².